The lowest BCUT2D eigenvalue weighted by Crippen LogP contribution is -2.47. The zero-order valence-corrected chi connectivity index (χ0v) is 20.9. The van der Waals surface area contributed by atoms with Crippen molar-refractivity contribution in [3.05, 3.63) is 95.8 Å². The summed E-state index contributed by atoms with van der Waals surface area (Å²) in [6.07, 6.45) is 7.61. The molecule has 1 N–H and O–H groups in total. The summed E-state index contributed by atoms with van der Waals surface area (Å²) in [5, 5.41) is 3.26. The number of ether oxygens (including phenoxy) is 1. The number of hydrogen-bond acceptors (Lipinski definition) is 4. The maximum absolute atomic E-state index is 13.9. The third-order valence-corrected chi connectivity index (χ3v) is 6.65. The maximum Gasteiger partial charge on any atom is 0.273 e. The minimum absolute atomic E-state index is 0.136. The Labute approximate surface area is 213 Å². The van der Waals surface area contributed by atoms with Gasteiger partial charge in [-0.2, -0.15) is 0 Å². The van der Waals surface area contributed by atoms with Crippen LogP contribution in [0.5, 0.6) is 5.75 Å². The predicted octanol–water partition coefficient (Wildman–Crippen LogP) is 5.36. The van der Waals surface area contributed by atoms with Gasteiger partial charge in [-0.1, -0.05) is 67.8 Å². The second-order valence-electron chi connectivity index (χ2n) is 9.20. The van der Waals surface area contributed by atoms with Crippen LogP contribution in [0.2, 0.25) is 0 Å². The summed E-state index contributed by atoms with van der Waals surface area (Å²) in [5.41, 5.74) is 2.19. The highest BCUT2D eigenvalue weighted by atomic mass is 16.5. The van der Waals surface area contributed by atoms with E-state index in [1.165, 1.54) is 6.42 Å². The van der Waals surface area contributed by atoms with Crippen molar-refractivity contribution >= 4 is 11.8 Å². The number of amides is 2. The van der Waals surface area contributed by atoms with Crippen LogP contribution in [-0.4, -0.2) is 40.9 Å². The van der Waals surface area contributed by atoms with Gasteiger partial charge in [-0.3, -0.25) is 14.6 Å². The highest BCUT2D eigenvalue weighted by molar-refractivity contribution is 5.96. The van der Waals surface area contributed by atoms with Gasteiger partial charge in [0.15, 0.2) is 0 Å². The van der Waals surface area contributed by atoms with Gasteiger partial charge in [0.25, 0.3) is 5.91 Å². The van der Waals surface area contributed by atoms with Crippen molar-refractivity contribution in [2.75, 3.05) is 13.2 Å². The summed E-state index contributed by atoms with van der Waals surface area (Å²) in [4.78, 5) is 33.6. The maximum atomic E-state index is 13.9. The summed E-state index contributed by atoms with van der Waals surface area (Å²) in [6.45, 7) is 2.88. The Balaban J connectivity index is 1.68. The van der Waals surface area contributed by atoms with Crippen molar-refractivity contribution in [1.82, 2.24) is 15.2 Å². The first-order valence-corrected chi connectivity index (χ1v) is 12.9. The fourth-order valence-electron chi connectivity index (χ4n) is 4.79. The molecule has 0 bridgehead atoms. The Kier molecular flexibility index (Phi) is 9.09. The molecule has 6 heteroatoms. The number of benzene rings is 2. The van der Waals surface area contributed by atoms with Crippen LogP contribution in [0.4, 0.5) is 0 Å². The van der Waals surface area contributed by atoms with Crippen LogP contribution in [0.3, 0.4) is 0 Å². The number of aromatic nitrogens is 1. The first-order chi connectivity index (χ1) is 17.7. The smallest absolute Gasteiger partial charge is 0.273 e. The van der Waals surface area contributed by atoms with Gasteiger partial charge in [0.2, 0.25) is 5.91 Å². The van der Waals surface area contributed by atoms with Gasteiger partial charge < -0.3 is 15.0 Å². The number of carbonyl (C=O) groups is 2. The van der Waals surface area contributed by atoms with E-state index in [-0.39, 0.29) is 17.9 Å². The molecule has 0 radical (unpaired) electrons. The molecular weight excluding hydrogens is 450 g/mol. The van der Waals surface area contributed by atoms with Crippen molar-refractivity contribution in [1.29, 1.82) is 0 Å². The number of carbonyl (C=O) groups excluding carboxylic acids is 2. The molecule has 1 atom stereocenters. The molecule has 1 saturated carbocycles. The van der Waals surface area contributed by atoms with E-state index in [1.54, 1.807) is 29.3 Å². The third-order valence-electron chi connectivity index (χ3n) is 6.65. The number of nitrogens with one attached hydrogen (secondary N) is 1. The predicted molar refractivity (Wildman–Crippen MR) is 141 cm³/mol. The summed E-state index contributed by atoms with van der Waals surface area (Å²) >= 11 is 0. The number of pyridine rings is 1. The molecule has 0 spiro atoms. The van der Waals surface area contributed by atoms with E-state index < -0.39 is 6.04 Å². The van der Waals surface area contributed by atoms with Crippen LogP contribution in [0.25, 0.3) is 0 Å². The van der Waals surface area contributed by atoms with Gasteiger partial charge in [0.1, 0.15) is 17.5 Å². The highest BCUT2D eigenvalue weighted by Crippen LogP contribution is 2.27. The lowest BCUT2D eigenvalue weighted by Gasteiger charge is -2.33. The van der Waals surface area contributed by atoms with Crippen LogP contribution < -0.4 is 10.1 Å². The minimum atomic E-state index is -0.777. The standard InChI is InChI=1S/C30H35N3O3/c1-2-36-26-18-16-24(17-19-26)28(29(34)32-25-13-7-4-8-14-25)33(22-20-23-11-5-3-6-12-23)30(35)27-15-9-10-21-31-27/h3,5-6,9-12,15-19,21,25,28H,2,4,7-8,13-14,20,22H2,1H3,(H,32,34)/t28-/m1/s1. The molecule has 2 amide bonds. The molecule has 4 rings (SSSR count). The largest absolute Gasteiger partial charge is 0.494 e. The summed E-state index contributed by atoms with van der Waals surface area (Å²) < 4.78 is 5.61. The second-order valence-corrected chi connectivity index (χ2v) is 9.20. The molecular formula is C30H35N3O3. The quantitative estimate of drug-likeness (QED) is 0.420. The molecule has 1 aromatic heterocycles. The molecule has 188 valence electrons. The Morgan fingerprint density at radius 2 is 1.69 bits per heavy atom. The zero-order valence-electron chi connectivity index (χ0n) is 20.9. The topological polar surface area (TPSA) is 71.5 Å². The van der Waals surface area contributed by atoms with Gasteiger partial charge in [-0.25, -0.2) is 0 Å². The Hall–Kier alpha value is -3.67. The molecule has 36 heavy (non-hydrogen) atoms. The van der Waals surface area contributed by atoms with E-state index in [2.05, 4.69) is 10.3 Å². The zero-order chi connectivity index (χ0) is 25.2. The van der Waals surface area contributed by atoms with E-state index >= 15 is 0 Å². The van der Waals surface area contributed by atoms with E-state index in [1.807, 2.05) is 61.5 Å². The number of hydrogen-bond donors (Lipinski definition) is 1. The van der Waals surface area contributed by atoms with Crippen molar-refractivity contribution in [2.45, 2.75) is 57.5 Å². The number of rotatable bonds is 10. The van der Waals surface area contributed by atoms with Crippen molar-refractivity contribution in [2.24, 2.45) is 0 Å². The van der Waals surface area contributed by atoms with E-state index in [4.69, 9.17) is 4.74 Å². The van der Waals surface area contributed by atoms with Gasteiger partial charge in [-0.05, 0) is 61.6 Å². The molecule has 3 aromatic rings. The third kappa shape index (κ3) is 6.72. The van der Waals surface area contributed by atoms with Crippen molar-refractivity contribution < 1.29 is 14.3 Å². The molecule has 1 fully saturated rings. The Bertz CT molecular complexity index is 1100. The molecule has 0 aliphatic heterocycles. The Morgan fingerprint density at radius 3 is 2.36 bits per heavy atom. The molecule has 0 unspecified atom stereocenters. The fourth-order valence-corrected chi connectivity index (χ4v) is 4.79. The van der Waals surface area contributed by atoms with E-state index in [0.29, 0.717) is 25.3 Å². The van der Waals surface area contributed by atoms with Crippen LogP contribution in [0.15, 0.2) is 79.0 Å². The fraction of sp³-hybridized carbons (Fsp3) is 0.367. The second kappa shape index (κ2) is 12.9. The summed E-state index contributed by atoms with van der Waals surface area (Å²) in [7, 11) is 0. The molecule has 1 aliphatic carbocycles. The van der Waals surface area contributed by atoms with E-state index in [9.17, 15) is 9.59 Å². The first kappa shape index (κ1) is 25.4. The van der Waals surface area contributed by atoms with Gasteiger partial charge in [0, 0.05) is 18.8 Å². The lowest BCUT2D eigenvalue weighted by atomic mass is 9.94. The van der Waals surface area contributed by atoms with Crippen LogP contribution in [0.1, 0.15) is 66.7 Å². The molecule has 6 nitrogen and oxygen atoms in total. The average Bonchev–Trinajstić information content (AvgIpc) is 2.93. The monoisotopic (exact) mass is 485 g/mol. The van der Waals surface area contributed by atoms with Gasteiger partial charge in [-0.15, -0.1) is 0 Å². The van der Waals surface area contributed by atoms with Crippen molar-refractivity contribution in [3.63, 3.8) is 0 Å². The summed E-state index contributed by atoms with van der Waals surface area (Å²) in [6, 6.07) is 22.2. The van der Waals surface area contributed by atoms with E-state index in [0.717, 1.165) is 42.6 Å². The van der Waals surface area contributed by atoms with Crippen molar-refractivity contribution in [3.8, 4) is 5.75 Å². The molecule has 1 aliphatic rings. The molecule has 1 heterocycles. The highest BCUT2D eigenvalue weighted by Gasteiger charge is 2.33. The van der Waals surface area contributed by atoms with Crippen LogP contribution in [-0.2, 0) is 11.2 Å². The normalized spacial score (nSPS) is 14.6. The molecule has 2 aromatic carbocycles. The number of nitrogens with zero attached hydrogens (tertiary/aromatic N) is 2. The summed E-state index contributed by atoms with van der Waals surface area (Å²) in [5.74, 6) is 0.326. The Morgan fingerprint density at radius 1 is 0.972 bits per heavy atom. The average molecular weight is 486 g/mol. The minimum Gasteiger partial charge on any atom is -0.494 e. The van der Waals surface area contributed by atoms with Crippen LogP contribution >= 0.6 is 0 Å². The van der Waals surface area contributed by atoms with Gasteiger partial charge in [0.05, 0.1) is 6.61 Å². The first-order valence-electron chi connectivity index (χ1n) is 12.9. The van der Waals surface area contributed by atoms with Crippen LogP contribution in [0, 0.1) is 0 Å². The SMILES string of the molecule is CCOc1ccc([C@H](C(=O)NC2CCCCC2)N(CCc2ccccc2)C(=O)c2ccccn2)cc1. The lowest BCUT2D eigenvalue weighted by molar-refractivity contribution is -0.126. The molecule has 0 saturated heterocycles. The van der Waals surface area contributed by atoms with Gasteiger partial charge >= 0.3 is 0 Å².